The molecule has 0 aromatic heterocycles. The Labute approximate surface area is 239 Å². The van der Waals surface area contributed by atoms with Crippen molar-refractivity contribution in [3.05, 3.63) is 106 Å². The predicted molar refractivity (Wildman–Crippen MR) is 148 cm³/mol. The Hall–Kier alpha value is -5.12. The van der Waals surface area contributed by atoms with Gasteiger partial charge in [0.25, 0.3) is 5.69 Å². The molecule has 1 saturated heterocycles. The minimum Gasteiger partial charge on any atom is -0.457 e. The smallest absolute Gasteiger partial charge is 0.338 e. The van der Waals surface area contributed by atoms with E-state index >= 15 is 0 Å². The summed E-state index contributed by atoms with van der Waals surface area (Å²) in [6.45, 7) is -0.505. The Morgan fingerprint density at radius 1 is 0.833 bits per heavy atom. The second-order valence-corrected chi connectivity index (χ2v) is 11.1. The van der Waals surface area contributed by atoms with Gasteiger partial charge in [0.2, 0.25) is 11.8 Å². The van der Waals surface area contributed by atoms with Crippen LogP contribution in [0.15, 0.2) is 84.9 Å². The Balaban J connectivity index is 0.978. The highest BCUT2D eigenvalue weighted by Gasteiger charge is 2.67. The summed E-state index contributed by atoms with van der Waals surface area (Å²) in [4.78, 5) is 63.8. The van der Waals surface area contributed by atoms with Crippen LogP contribution in [0.5, 0.6) is 11.5 Å². The summed E-state index contributed by atoms with van der Waals surface area (Å²) in [5.74, 6) is -0.264. The van der Waals surface area contributed by atoms with Crippen molar-refractivity contribution in [1.82, 2.24) is 0 Å². The first-order chi connectivity index (χ1) is 20.3. The molecule has 210 valence electrons. The Kier molecular flexibility index (Phi) is 6.00. The first kappa shape index (κ1) is 25.8. The number of amides is 2. The van der Waals surface area contributed by atoms with Crippen molar-refractivity contribution in [3.8, 4) is 11.5 Å². The molecular formula is C32H24N2O8. The van der Waals surface area contributed by atoms with E-state index in [0.29, 0.717) is 34.6 Å². The second-order valence-electron chi connectivity index (χ2n) is 11.1. The average Bonchev–Trinajstić information content (AvgIpc) is 3.79. The van der Waals surface area contributed by atoms with E-state index < -0.39 is 23.3 Å². The molecule has 3 aromatic rings. The Morgan fingerprint density at radius 3 is 2.02 bits per heavy atom. The monoisotopic (exact) mass is 564 g/mol. The van der Waals surface area contributed by atoms with E-state index in [2.05, 4.69) is 12.2 Å². The largest absolute Gasteiger partial charge is 0.457 e. The zero-order chi connectivity index (χ0) is 29.1. The van der Waals surface area contributed by atoms with E-state index in [9.17, 15) is 29.3 Å². The maximum atomic E-state index is 13.4. The number of nitro groups is 1. The molecule has 10 nitrogen and oxygen atoms in total. The van der Waals surface area contributed by atoms with Gasteiger partial charge in [-0.1, -0.05) is 18.2 Å². The summed E-state index contributed by atoms with van der Waals surface area (Å²) < 4.78 is 10.9. The molecule has 42 heavy (non-hydrogen) atoms. The van der Waals surface area contributed by atoms with Gasteiger partial charge in [0.05, 0.1) is 28.0 Å². The van der Waals surface area contributed by atoms with E-state index in [-0.39, 0.29) is 46.7 Å². The van der Waals surface area contributed by atoms with Gasteiger partial charge in [-0.3, -0.25) is 24.5 Å². The number of allylic oxidation sites excluding steroid dienone is 2. The fourth-order valence-corrected chi connectivity index (χ4v) is 6.76. The van der Waals surface area contributed by atoms with Crippen molar-refractivity contribution in [2.45, 2.75) is 6.42 Å². The number of nitrogens with zero attached hydrogens (tertiary/aromatic N) is 2. The lowest BCUT2D eigenvalue weighted by atomic mass is 9.63. The topological polar surface area (TPSA) is 133 Å². The Morgan fingerprint density at radius 2 is 1.43 bits per heavy atom. The normalized spacial score (nSPS) is 26.4. The molecular weight excluding hydrogens is 540 g/mol. The van der Waals surface area contributed by atoms with Crippen LogP contribution in [-0.2, 0) is 14.3 Å². The lowest BCUT2D eigenvalue weighted by molar-refractivity contribution is -0.384. The molecule has 0 unspecified atom stereocenters. The molecule has 8 rings (SSSR count). The molecule has 1 aliphatic heterocycles. The molecule has 3 aromatic carbocycles. The van der Waals surface area contributed by atoms with E-state index in [1.807, 2.05) is 0 Å². The van der Waals surface area contributed by atoms with Crippen LogP contribution in [0.25, 0.3) is 0 Å². The first-order valence-electron chi connectivity index (χ1n) is 13.7. The van der Waals surface area contributed by atoms with Crippen molar-refractivity contribution >= 4 is 34.9 Å². The number of Topliss-reactive ketones (excluding diaryl/α,β-unsaturated/α-hetero) is 1. The van der Waals surface area contributed by atoms with Gasteiger partial charge in [-0.15, -0.1) is 0 Å². The van der Waals surface area contributed by atoms with Gasteiger partial charge in [-0.2, -0.15) is 0 Å². The number of hydrogen-bond acceptors (Lipinski definition) is 8. The van der Waals surface area contributed by atoms with Crippen molar-refractivity contribution in [2.75, 3.05) is 11.5 Å². The summed E-state index contributed by atoms with van der Waals surface area (Å²) in [5.41, 5.74) is 0.703. The van der Waals surface area contributed by atoms with Crippen LogP contribution in [0.2, 0.25) is 0 Å². The van der Waals surface area contributed by atoms with Crippen LogP contribution in [0.4, 0.5) is 11.4 Å². The average molecular weight is 565 g/mol. The highest BCUT2D eigenvalue weighted by molar-refractivity contribution is 6.23. The number of non-ortho nitro benzene ring substituents is 1. The summed E-state index contributed by atoms with van der Waals surface area (Å²) in [6, 6.07) is 17.9. The highest BCUT2D eigenvalue weighted by Crippen LogP contribution is 2.65. The summed E-state index contributed by atoms with van der Waals surface area (Å²) in [5, 5.41) is 10.8. The van der Waals surface area contributed by atoms with Crippen LogP contribution in [-0.4, -0.2) is 35.1 Å². The van der Waals surface area contributed by atoms with Gasteiger partial charge >= 0.3 is 5.97 Å². The molecule has 2 saturated carbocycles. The molecule has 6 atom stereocenters. The summed E-state index contributed by atoms with van der Waals surface area (Å²) >= 11 is 0. The van der Waals surface area contributed by atoms with Gasteiger partial charge in [0.15, 0.2) is 12.4 Å². The summed E-state index contributed by atoms with van der Waals surface area (Å²) in [7, 11) is 0. The fraction of sp³-hybridized carbons (Fsp3) is 0.250. The maximum Gasteiger partial charge on any atom is 0.338 e. The number of rotatable bonds is 8. The number of benzene rings is 3. The fourth-order valence-electron chi connectivity index (χ4n) is 6.76. The number of imide groups is 1. The molecule has 10 heteroatoms. The minimum atomic E-state index is -0.747. The van der Waals surface area contributed by atoms with Gasteiger partial charge in [0.1, 0.15) is 11.5 Å². The van der Waals surface area contributed by atoms with Crippen LogP contribution < -0.4 is 9.64 Å². The van der Waals surface area contributed by atoms with Crippen LogP contribution in [0.3, 0.4) is 0 Å². The molecule has 2 amide bonds. The zero-order valence-corrected chi connectivity index (χ0v) is 22.1. The van der Waals surface area contributed by atoms with Gasteiger partial charge in [-0.25, -0.2) is 9.69 Å². The lowest BCUT2D eigenvalue weighted by Gasteiger charge is -2.37. The van der Waals surface area contributed by atoms with Crippen LogP contribution >= 0.6 is 0 Å². The van der Waals surface area contributed by atoms with Crippen LogP contribution in [0, 0.1) is 45.6 Å². The predicted octanol–water partition coefficient (Wildman–Crippen LogP) is 4.98. The second kappa shape index (κ2) is 9.76. The Bertz CT molecular complexity index is 1640. The molecule has 5 aliphatic rings. The molecule has 0 radical (unpaired) electrons. The third kappa shape index (κ3) is 4.27. The third-order valence-electron chi connectivity index (χ3n) is 8.80. The van der Waals surface area contributed by atoms with Crippen molar-refractivity contribution in [3.63, 3.8) is 0 Å². The summed E-state index contributed by atoms with van der Waals surface area (Å²) in [6.07, 6.45) is 5.30. The number of esters is 1. The van der Waals surface area contributed by atoms with Crippen molar-refractivity contribution in [1.29, 1.82) is 0 Å². The minimum absolute atomic E-state index is 0.0549. The number of hydrogen-bond donors (Lipinski definition) is 0. The number of carbonyl (C=O) groups excluding carboxylic acids is 4. The molecule has 3 fully saturated rings. The maximum absolute atomic E-state index is 13.4. The van der Waals surface area contributed by atoms with E-state index in [0.717, 1.165) is 6.42 Å². The molecule has 2 bridgehead atoms. The quantitative estimate of drug-likeness (QED) is 0.0934. The van der Waals surface area contributed by atoms with Gasteiger partial charge in [0, 0.05) is 17.7 Å². The van der Waals surface area contributed by atoms with Gasteiger partial charge in [-0.05, 0) is 84.7 Å². The third-order valence-corrected chi connectivity index (χ3v) is 8.80. The first-order valence-corrected chi connectivity index (χ1v) is 13.7. The molecule has 1 heterocycles. The number of carbonyl (C=O) groups is 4. The highest BCUT2D eigenvalue weighted by atomic mass is 16.6. The van der Waals surface area contributed by atoms with E-state index in [1.54, 1.807) is 24.3 Å². The van der Waals surface area contributed by atoms with E-state index in [1.165, 1.54) is 53.4 Å². The number of anilines is 1. The standard InChI is InChI=1S/C32H24N2O8/c35-27(17-4-8-21(9-5-17)42-22-10-6-19(7-11-22)34(39)40)16-41-32(38)18-2-1-3-20(14-18)33-30(36)28-23-12-13-24(26-15-25(23)26)29(28)31(33)37/h1-14,23-26,28-29H,15-16H2/t23-,24-,25-,26+,28+,29-/m1/s1. The molecule has 4 aliphatic carbocycles. The molecule has 0 N–H and O–H groups in total. The number of ketones is 1. The van der Waals surface area contributed by atoms with Crippen LogP contribution in [0.1, 0.15) is 27.1 Å². The van der Waals surface area contributed by atoms with Crippen molar-refractivity contribution < 1.29 is 33.6 Å². The molecule has 0 spiro atoms. The lowest BCUT2D eigenvalue weighted by Crippen LogP contribution is -2.40. The number of ether oxygens (including phenoxy) is 2. The zero-order valence-electron chi connectivity index (χ0n) is 22.1. The van der Waals surface area contributed by atoms with Gasteiger partial charge < -0.3 is 9.47 Å². The number of nitro benzene ring substituents is 1. The SMILES string of the molecule is O=C(COC(=O)c1cccc(N2C(=O)[C@@H]3[C@@H]4C=C[C@H]([C@H]5C[C@@H]45)[C@@H]3C2=O)c1)c1ccc(Oc2ccc([N+](=O)[O-])cc2)cc1. The van der Waals surface area contributed by atoms with E-state index in [4.69, 9.17) is 9.47 Å². The van der Waals surface area contributed by atoms with Crippen molar-refractivity contribution in [2.24, 2.45) is 35.5 Å².